The Morgan fingerprint density at radius 1 is 0.818 bits per heavy atom. The number of hydrogen-bond donors (Lipinski definition) is 0. The Labute approximate surface area is 124 Å². The van der Waals surface area contributed by atoms with Gasteiger partial charge in [0.2, 0.25) is 5.95 Å². The zero-order chi connectivity index (χ0) is 14.5. The minimum absolute atomic E-state index is 0.591. The van der Waals surface area contributed by atoms with Crippen molar-refractivity contribution in [3.8, 4) is 5.95 Å². The number of fused-ring (bicyclic) bond motifs is 5. The van der Waals surface area contributed by atoms with Crippen molar-refractivity contribution in [2.45, 2.75) is 0 Å². The molecule has 0 radical (unpaired) electrons. The van der Waals surface area contributed by atoms with Crippen molar-refractivity contribution in [3.05, 3.63) is 61.2 Å². The van der Waals surface area contributed by atoms with Crippen molar-refractivity contribution in [1.29, 1.82) is 0 Å². The summed E-state index contributed by atoms with van der Waals surface area (Å²) in [5.41, 5.74) is 3.73. The van der Waals surface area contributed by atoms with Gasteiger partial charge in [-0.1, -0.05) is 24.3 Å². The monoisotopic (exact) mass is 286 g/mol. The van der Waals surface area contributed by atoms with Crippen molar-refractivity contribution in [2.24, 2.45) is 0 Å². The summed E-state index contributed by atoms with van der Waals surface area (Å²) in [6.45, 7) is 0. The average Bonchev–Trinajstić information content (AvgIpc) is 3.10. The third kappa shape index (κ3) is 1.39. The molecule has 0 aliphatic rings. The molecule has 104 valence electrons. The first-order chi connectivity index (χ1) is 10.9. The molecule has 3 aromatic heterocycles. The molecule has 5 heteroatoms. The van der Waals surface area contributed by atoms with E-state index in [-0.39, 0.29) is 0 Å². The highest BCUT2D eigenvalue weighted by molar-refractivity contribution is 6.16. The van der Waals surface area contributed by atoms with Gasteiger partial charge in [0.25, 0.3) is 0 Å². The van der Waals surface area contributed by atoms with Crippen LogP contribution in [-0.2, 0) is 0 Å². The molecule has 5 nitrogen and oxygen atoms in total. The minimum Gasteiger partial charge on any atom is -0.454 e. The van der Waals surface area contributed by atoms with E-state index in [0.717, 1.165) is 33.0 Å². The lowest BCUT2D eigenvalue weighted by Gasteiger charge is -2.03. The van der Waals surface area contributed by atoms with Gasteiger partial charge in [0, 0.05) is 10.8 Å². The smallest absolute Gasteiger partial charge is 0.237 e. The van der Waals surface area contributed by atoms with Crippen molar-refractivity contribution >= 4 is 33.0 Å². The van der Waals surface area contributed by atoms with Gasteiger partial charge >= 0.3 is 0 Å². The Balaban J connectivity index is 2.08. The molecule has 0 bridgehead atoms. The predicted molar refractivity (Wildman–Crippen MR) is 83.9 cm³/mol. The maximum atomic E-state index is 6.08. The third-order valence-electron chi connectivity index (χ3n) is 3.86. The van der Waals surface area contributed by atoms with Gasteiger partial charge in [-0.3, -0.25) is 4.57 Å². The molecular weight excluding hydrogens is 276 g/mol. The van der Waals surface area contributed by atoms with Crippen LogP contribution in [0.2, 0.25) is 0 Å². The summed E-state index contributed by atoms with van der Waals surface area (Å²) in [5.74, 6) is 0.591. The van der Waals surface area contributed by atoms with Gasteiger partial charge in [-0.25, -0.2) is 15.0 Å². The quantitative estimate of drug-likeness (QED) is 0.471. The standard InChI is InChI=1S/C17H10N4O/c1-3-7-13-11(5-1)16-15(12-6-2-4-8-14(12)22-16)21(13)17-19-9-18-10-20-17/h1-10H. The van der Waals surface area contributed by atoms with E-state index in [1.54, 1.807) is 0 Å². The van der Waals surface area contributed by atoms with E-state index >= 15 is 0 Å². The van der Waals surface area contributed by atoms with Crippen LogP contribution in [0.3, 0.4) is 0 Å². The molecule has 0 unspecified atom stereocenters. The fourth-order valence-electron chi connectivity index (χ4n) is 2.97. The Hall–Kier alpha value is -3.21. The first kappa shape index (κ1) is 11.4. The number of nitrogens with zero attached hydrogens (tertiary/aromatic N) is 4. The molecule has 0 fully saturated rings. The lowest BCUT2D eigenvalue weighted by Crippen LogP contribution is -2.00. The summed E-state index contributed by atoms with van der Waals surface area (Å²) in [7, 11) is 0. The summed E-state index contributed by atoms with van der Waals surface area (Å²) < 4.78 is 8.10. The van der Waals surface area contributed by atoms with Crippen molar-refractivity contribution in [2.75, 3.05) is 0 Å². The van der Waals surface area contributed by atoms with Crippen LogP contribution in [0.15, 0.2) is 65.6 Å². The predicted octanol–water partition coefficient (Wildman–Crippen LogP) is 3.71. The van der Waals surface area contributed by atoms with E-state index in [1.807, 2.05) is 41.0 Å². The van der Waals surface area contributed by atoms with E-state index in [9.17, 15) is 0 Å². The van der Waals surface area contributed by atoms with Crippen LogP contribution in [0.4, 0.5) is 0 Å². The van der Waals surface area contributed by atoms with E-state index < -0.39 is 0 Å². The molecular formula is C17H10N4O. The molecule has 0 N–H and O–H groups in total. The van der Waals surface area contributed by atoms with Gasteiger partial charge in [-0.15, -0.1) is 0 Å². The fraction of sp³-hybridized carbons (Fsp3) is 0. The van der Waals surface area contributed by atoms with Gasteiger partial charge < -0.3 is 4.42 Å². The fourth-order valence-corrected chi connectivity index (χ4v) is 2.97. The van der Waals surface area contributed by atoms with Crippen molar-refractivity contribution < 1.29 is 4.42 Å². The van der Waals surface area contributed by atoms with Crippen LogP contribution in [-0.4, -0.2) is 19.5 Å². The minimum atomic E-state index is 0.591. The molecule has 5 rings (SSSR count). The van der Waals surface area contributed by atoms with Gasteiger partial charge in [-0.2, -0.15) is 0 Å². The van der Waals surface area contributed by atoms with Crippen LogP contribution in [0, 0.1) is 0 Å². The molecule has 0 saturated heterocycles. The zero-order valence-electron chi connectivity index (χ0n) is 11.5. The first-order valence-electron chi connectivity index (χ1n) is 6.96. The Morgan fingerprint density at radius 3 is 2.41 bits per heavy atom. The summed E-state index contributed by atoms with van der Waals surface area (Å²) in [5, 5.41) is 2.10. The molecule has 0 aliphatic carbocycles. The third-order valence-corrected chi connectivity index (χ3v) is 3.86. The van der Waals surface area contributed by atoms with Crippen LogP contribution >= 0.6 is 0 Å². The van der Waals surface area contributed by atoms with Gasteiger partial charge in [-0.05, 0) is 24.3 Å². The number of para-hydroxylation sites is 2. The SMILES string of the molecule is c1ccc2c(c1)oc1c3ccccc3n(-c3ncncn3)c21. The molecule has 0 atom stereocenters. The van der Waals surface area contributed by atoms with E-state index in [2.05, 4.69) is 27.1 Å². The molecule has 0 saturated carbocycles. The van der Waals surface area contributed by atoms with Crippen LogP contribution in [0.1, 0.15) is 0 Å². The molecule has 22 heavy (non-hydrogen) atoms. The molecule has 0 aliphatic heterocycles. The van der Waals surface area contributed by atoms with Crippen molar-refractivity contribution in [3.63, 3.8) is 0 Å². The second-order valence-electron chi connectivity index (χ2n) is 5.07. The lowest BCUT2D eigenvalue weighted by atomic mass is 10.2. The number of hydrogen-bond acceptors (Lipinski definition) is 4. The van der Waals surface area contributed by atoms with Gasteiger partial charge in [0.05, 0.1) is 5.52 Å². The highest BCUT2D eigenvalue weighted by Gasteiger charge is 2.19. The average molecular weight is 286 g/mol. The maximum Gasteiger partial charge on any atom is 0.237 e. The Bertz CT molecular complexity index is 1120. The molecule has 5 aromatic rings. The lowest BCUT2D eigenvalue weighted by molar-refractivity contribution is 0.672. The zero-order valence-corrected chi connectivity index (χ0v) is 11.5. The van der Waals surface area contributed by atoms with Crippen LogP contribution in [0.25, 0.3) is 38.9 Å². The van der Waals surface area contributed by atoms with Crippen LogP contribution in [0.5, 0.6) is 0 Å². The normalized spacial score (nSPS) is 11.6. The number of benzene rings is 2. The molecule has 0 amide bonds. The Kier molecular flexibility index (Phi) is 2.16. The topological polar surface area (TPSA) is 56.7 Å². The summed E-state index contributed by atoms with van der Waals surface area (Å²) in [6, 6.07) is 16.1. The summed E-state index contributed by atoms with van der Waals surface area (Å²) >= 11 is 0. The van der Waals surface area contributed by atoms with Crippen molar-refractivity contribution in [1.82, 2.24) is 19.5 Å². The van der Waals surface area contributed by atoms with Gasteiger partial charge in [0.1, 0.15) is 23.8 Å². The van der Waals surface area contributed by atoms with E-state index in [0.29, 0.717) is 5.95 Å². The molecule has 3 heterocycles. The van der Waals surface area contributed by atoms with Gasteiger partial charge in [0.15, 0.2) is 5.58 Å². The Morgan fingerprint density at radius 2 is 1.55 bits per heavy atom. The number of aromatic nitrogens is 4. The summed E-state index contributed by atoms with van der Waals surface area (Å²) in [4.78, 5) is 12.5. The highest BCUT2D eigenvalue weighted by Crippen LogP contribution is 2.37. The van der Waals surface area contributed by atoms with E-state index in [4.69, 9.17) is 4.42 Å². The summed E-state index contributed by atoms with van der Waals surface area (Å²) in [6.07, 6.45) is 3.01. The number of furan rings is 1. The largest absolute Gasteiger partial charge is 0.454 e. The maximum absolute atomic E-state index is 6.08. The number of rotatable bonds is 1. The second kappa shape index (κ2) is 4.14. The van der Waals surface area contributed by atoms with E-state index in [1.165, 1.54) is 12.7 Å². The second-order valence-corrected chi connectivity index (χ2v) is 5.07. The molecule has 0 spiro atoms. The first-order valence-corrected chi connectivity index (χ1v) is 6.96. The highest BCUT2D eigenvalue weighted by atomic mass is 16.3. The van der Waals surface area contributed by atoms with Crippen LogP contribution < -0.4 is 0 Å². The molecule has 2 aromatic carbocycles.